The number of nitrogens with zero attached hydrogens (tertiary/aromatic N) is 1. The molecule has 1 heterocycles. The van der Waals surface area contributed by atoms with Gasteiger partial charge in [-0.05, 0) is 25.2 Å². The minimum absolute atomic E-state index is 0.0845. The molecule has 0 saturated carbocycles. The van der Waals surface area contributed by atoms with Gasteiger partial charge in [0.05, 0.1) is 5.75 Å². The summed E-state index contributed by atoms with van der Waals surface area (Å²) in [5, 5.41) is 8.44. The number of carboxylic acid groups (broad SMARTS) is 1. The highest BCUT2D eigenvalue weighted by molar-refractivity contribution is 8.01. The van der Waals surface area contributed by atoms with E-state index in [2.05, 4.69) is 6.92 Å². The molecule has 98 valence electrons. The number of aliphatic carboxylic acids is 1. The van der Waals surface area contributed by atoms with E-state index in [1.54, 1.807) is 0 Å². The monoisotopic (exact) mass is 259 g/mol. The minimum atomic E-state index is -0.822. The Morgan fingerprint density at radius 2 is 2.24 bits per heavy atom. The van der Waals surface area contributed by atoms with Crippen molar-refractivity contribution in [1.82, 2.24) is 4.90 Å². The number of likely N-dealkylation sites (tertiary alicyclic amines) is 1. The molecule has 0 radical (unpaired) electrons. The second-order valence-electron chi connectivity index (χ2n) is 4.63. The maximum Gasteiger partial charge on any atom is 0.316 e. The Morgan fingerprint density at radius 1 is 1.53 bits per heavy atom. The molecule has 17 heavy (non-hydrogen) atoms. The predicted molar refractivity (Wildman–Crippen MR) is 69.2 cm³/mol. The Kier molecular flexibility index (Phi) is 5.82. The third-order valence-electron chi connectivity index (χ3n) is 3.06. The third kappa shape index (κ3) is 4.58. The molecule has 2 unspecified atom stereocenters. The van der Waals surface area contributed by atoms with Gasteiger partial charge in [-0.25, -0.2) is 0 Å². The van der Waals surface area contributed by atoms with Crippen LogP contribution in [0.4, 0.5) is 0 Å². The molecule has 0 aromatic rings. The first kappa shape index (κ1) is 14.4. The van der Waals surface area contributed by atoms with Gasteiger partial charge in [-0.15, -0.1) is 11.8 Å². The lowest BCUT2D eigenvalue weighted by molar-refractivity contribution is -0.136. The Bertz CT molecular complexity index is 283. The summed E-state index contributed by atoms with van der Waals surface area (Å²) in [6, 6.07) is 0. The lowest BCUT2D eigenvalue weighted by Gasteiger charge is -2.31. The first-order chi connectivity index (χ1) is 8.04. The van der Waals surface area contributed by atoms with Crippen molar-refractivity contribution < 1.29 is 14.7 Å². The molecule has 5 heteroatoms. The molecule has 2 atom stereocenters. The average molecular weight is 259 g/mol. The fourth-order valence-corrected chi connectivity index (χ4v) is 2.95. The van der Waals surface area contributed by atoms with Gasteiger partial charge in [0.25, 0.3) is 0 Å². The van der Waals surface area contributed by atoms with E-state index in [4.69, 9.17) is 5.11 Å². The maximum absolute atomic E-state index is 11.9. The van der Waals surface area contributed by atoms with Crippen molar-refractivity contribution >= 4 is 23.6 Å². The van der Waals surface area contributed by atoms with Crippen LogP contribution in [0.2, 0.25) is 0 Å². The lowest BCUT2D eigenvalue weighted by Crippen LogP contribution is -2.40. The Balaban J connectivity index is 2.35. The van der Waals surface area contributed by atoms with Gasteiger partial charge in [-0.3, -0.25) is 9.59 Å². The van der Waals surface area contributed by atoms with E-state index >= 15 is 0 Å². The number of hydrogen-bond donors (Lipinski definition) is 1. The molecule has 1 amide bonds. The molecule has 1 rings (SSSR count). The summed E-state index contributed by atoms with van der Waals surface area (Å²) < 4.78 is 0. The Labute approximate surface area is 107 Å². The summed E-state index contributed by atoms with van der Waals surface area (Å²) >= 11 is 1.24. The van der Waals surface area contributed by atoms with Crippen LogP contribution >= 0.6 is 11.8 Å². The van der Waals surface area contributed by atoms with Crippen molar-refractivity contribution in [2.45, 2.75) is 38.4 Å². The Morgan fingerprint density at radius 3 is 2.76 bits per heavy atom. The van der Waals surface area contributed by atoms with E-state index in [9.17, 15) is 9.59 Å². The number of hydrogen-bond acceptors (Lipinski definition) is 3. The maximum atomic E-state index is 11.9. The number of carbonyl (C=O) groups excluding carboxylic acids is 1. The number of amides is 1. The summed E-state index contributed by atoms with van der Waals surface area (Å²) in [7, 11) is 0. The van der Waals surface area contributed by atoms with Gasteiger partial charge in [-0.1, -0.05) is 13.8 Å². The van der Waals surface area contributed by atoms with Crippen molar-refractivity contribution in [1.29, 1.82) is 0 Å². The van der Waals surface area contributed by atoms with Crippen LogP contribution in [0.5, 0.6) is 0 Å². The zero-order valence-electron chi connectivity index (χ0n) is 10.5. The molecule has 0 spiro atoms. The van der Waals surface area contributed by atoms with Crippen LogP contribution in [-0.2, 0) is 9.59 Å². The standard InChI is InChI=1S/C12H21NO3S/c1-3-10(12(15)16)17-8-11(14)13-6-4-5-9(2)7-13/h9-10H,3-8H2,1-2H3,(H,15,16). The van der Waals surface area contributed by atoms with Crippen LogP contribution in [0.3, 0.4) is 0 Å². The van der Waals surface area contributed by atoms with Gasteiger partial charge in [0.2, 0.25) is 5.91 Å². The van der Waals surface area contributed by atoms with E-state index in [1.807, 2.05) is 11.8 Å². The fourth-order valence-electron chi connectivity index (χ4n) is 2.04. The molecule has 1 saturated heterocycles. The summed E-state index contributed by atoms with van der Waals surface area (Å²) in [6.07, 6.45) is 2.81. The van der Waals surface area contributed by atoms with Crippen molar-refractivity contribution in [2.75, 3.05) is 18.8 Å². The van der Waals surface area contributed by atoms with Crippen LogP contribution in [0.15, 0.2) is 0 Å². The van der Waals surface area contributed by atoms with Crippen molar-refractivity contribution in [2.24, 2.45) is 5.92 Å². The molecule has 0 aliphatic carbocycles. The van der Waals surface area contributed by atoms with E-state index in [0.29, 0.717) is 12.3 Å². The van der Waals surface area contributed by atoms with E-state index in [-0.39, 0.29) is 11.7 Å². The highest BCUT2D eigenvalue weighted by atomic mass is 32.2. The molecule has 0 bridgehead atoms. The second-order valence-corrected chi connectivity index (χ2v) is 5.82. The van der Waals surface area contributed by atoms with Gasteiger partial charge in [0.15, 0.2) is 0 Å². The fraction of sp³-hybridized carbons (Fsp3) is 0.833. The quantitative estimate of drug-likeness (QED) is 0.818. The van der Waals surface area contributed by atoms with E-state index in [0.717, 1.165) is 19.5 Å². The zero-order chi connectivity index (χ0) is 12.8. The summed E-state index contributed by atoms with van der Waals surface area (Å²) in [5.74, 6) is 0.120. The van der Waals surface area contributed by atoms with Crippen molar-refractivity contribution in [3.63, 3.8) is 0 Å². The van der Waals surface area contributed by atoms with E-state index < -0.39 is 11.2 Å². The van der Waals surface area contributed by atoms with Crippen LogP contribution in [0.1, 0.15) is 33.1 Å². The highest BCUT2D eigenvalue weighted by Gasteiger charge is 2.23. The van der Waals surface area contributed by atoms with Crippen molar-refractivity contribution in [3.05, 3.63) is 0 Å². The molecule has 1 fully saturated rings. The van der Waals surface area contributed by atoms with Crippen molar-refractivity contribution in [3.8, 4) is 0 Å². The van der Waals surface area contributed by atoms with E-state index in [1.165, 1.54) is 18.2 Å². The predicted octanol–water partition coefficient (Wildman–Crippen LogP) is 1.84. The first-order valence-electron chi connectivity index (χ1n) is 6.16. The lowest BCUT2D eigenvalue weighted by atomic mass is 10.0. The molecule has 1 N–H and O–H groups in total. The normalized spacial score (nSPS) is 22.2. The van der Waals surface area contributed by atoms with Gasteiger partial charge in [-0.2, -0.15) is 0 Å². The third-order valence-corrected chi connectivity index (χ3v) is 4.41. The van der Waals surface area contributed by atoms with Gasteiger partial charge < -0.3 is 10.0 Å². The topological polar surface area (TPSA) is 57.6 Å². The molecular formula is C12H21NO3S. The molecular weight excluding hydrogens is 238 g/mol. The van der Waals surface area contributed by atoms with Crippen LogP contribution in [0.25, 0.3) is 0 Å². The average Bonchev–Trinajstić information content (AvgIpc) is 2.29. The summed E-state index contributed by atoms with van der Waals surface area (Å²) in [5.41, 5.74) is 0. The SMILES string of the molecule is CCC(SCC(=O)N1CCCC(C)C1)C(=O)O. The van der Waals surface area contributed by atoms with Crippen LogP contribution in [0, 0.1) is 5.92 Å². The highest BCUT2D eigenvalue weighted by Crippen LogP contribution is 2.19. The van der Waals surface area contributed by atoms with Gasteiger partial charge >= 0.3 is 5.97 Å². The molecule has 0 aromatic heterocycles. The zero-order valence-corrected chi connectivity index (χ0v) is 11.3. The minimum Gasteiger partial charge on any atom is -0.480 e. The number of carboxylic acids is 1. The largest absolute Gasteiger partial charge is 0.480 e. The molecule has 1 aliphatic rings. The number of thioether (sulfide) groups is 1. The molecule has 4 nitrogen and oxygen atoms in total. The number of piperidine rings is 1. The van der Waals surface area contributed by atoms with Crippen LogP contribution < -0.4 is 0 Å². The first-order valence-corrected chi connectivity index (χ1v) is 7.21. The smallest absolute Gasteiger partial charge is 0.316 e. The molecule has 1 aliphatic heterocycles. The summed E-state index contributed by atoms with van der Waals surface area (Å²) in [4.78, 5) is 24.6. The van der Waals surface area contributed by atoms with Gasteiger partial charge in [0.1, 0.15) is 5.25 Å². The Hall–Kier alpha value is -0.710. The number of carbonyl (C=O) groups is 2. The van der Waals surface area contributed by atoms with Gasteiger partial charge in [0, 0.05) is 13.1 Å². The second kappa shape index (κ2) is 6.89. The molecule has 0 aromatic carbocycles. The van der Waals surface area contributed by atoms with Crippen LogP contribution in [-0.4, -0.2) is 46.0 Å². The number of rotatable bonds is 5. The summed E-state index contributed by atoms with van der Waals surface area (Å²) in [6.45, 7) is 5.63.